The van der Waals surface area contributed by atoms with E-state index < -0.39 is 49.2 Å². The molecule has 2 aliphatic rings. The molecule has 136 valence electrons. The van der Waals surface area contributed by atoms with Gasteiger partial charge in [-0.1, -0.05) is 20.8 Å². The van der Waals surface area contributed by atoms with Crippen LogP contribution in [0.25, 0.3) is 0 Å². The van der Waals surface area contributed by atoms with Crippen LogP contribution in [0.15, 0.2) is 0 Å². The van der Waals surface area contributed by atoms with E-state index in [1.807, 2.05) is 6.92 Å². The van der Waals surface area contributed by atoms with Crippen molar-refractivity contribution >= 4 is 0 Å². The molecule has 8 heteroatoms. The van der Waals surface area contributed by atoms with Gasteiger partial charge in [0.1, 0.15) is 24.4 Å². The number of hydrogen-bond acceptors (Lipinski definition) is 8. The lowest BCUT2D eigenvalue weighted by Gasteiger charge is -2.46. The molecule has 0 bridgehead atoms. The summed E-state index contributed by atoms with van der Waals surface area (Å²) in [6.45, 7) is 5.46. The summed E-state index contributed by atoms with van der Waals surface area (Å²) in [7, 11) is 0. The molecule has 0 saturated carbocycles. The van der Waals surface area contributed by atoms with Gasteiger partial charge in [0.15, 0.2) is 12.6 Å². The molecule has 0 unspecified atom stereocenters. The Morgan fingerprint density at radius 2 is 1.39 bits per heavy atom. The summed E-state index contributed by atoms with van der Waals surface area (Å²) in [6, 6.07) is 0. The van der Waals surface area contributed by atoms with Crippen molar-refractivity contribution in [3.8, 4) is 0 Å². The Bertz CT molecular complexity index is 376. The highest BCUT2D eigenvalue weighted by molar-refractivity contribution is 4.92. The third-order valence-electron chi connectivity index (χ3n) is 4.82. The summed E-state index contributed by atoms with van der Waals surface area (Å²) in [4.78, 5) is 0. The zero-order valence-corrected chi connectivity index (χ0v) is 13.6. The average Bonchev–Trinajstić information content (AvgIpc) is 2.55. The van der Waals surface area contributed by atoms with Crippen LogP contribution >= 0.6 is 0 Å². The zero-order valence-electron chi connectivity index (χ0n) is 13.6. The summed E-state index contributed by atoms with van der Waals surface area (Å²) >= 11 is 0. The fourth-order valence-corrected chi connectivity index (χ4v) is 3.22. The SMILES string of the molecule is CC[C@H]1O[C@@H](O[C@@H]2[C@H](O)[C@H](O)[C@H](O)O[C@@H]2CC)[C@@H](O)[C@@H](O)[C@H]1C. The Hall–Kier alpha value is -0.320. The van der Waals surface area contributed by atoms with Crippen molar-refractivity contribution in [1.82, 2.24) is 0 Å². The molecule has 0 aromatic heterocycles. The highest BCUT2D eigenvalue weighted by atomic mass is 16.7. The van der Waals surface area contributed by atoms with Crippen LogP contribution in [0.3, 0.4) is 0 Å². The number of ether oxygens (including phenoxy) is 3. The molecule has 0 spiro atoms. The Morgan fingerprint density at radius 3 is 1.96 bits per heavy atom. The molecule has 0 aliphatic carbocycles. The first-order chi connectivity index (χ1) is 10.8. The first-order valence-electron chi connectivity index (χ1n) is 8.18. The van der Waals surface area contributed by atoms with E-state index in [-0.39, 0.29) is 12.0 Å². The Kier molecular flexibility index (Phi) is 6.37. The summed E-state index contributed by atoms with van der Waals surface area (Å²) in [5.74, 6) is -0.253. The van der Waals surface area contributed by atoms with Gasteiger partial charge in [-0.3, -0.25) is 0 Å². The third kappa shape index (κ3) is 3.69. The van der Waals surface area contributed by atoms with Crippen molar-refractivity contribution in [3.63, 3.8) is 0 Å². The van der Waals surface area contributed by atoms with E-state index in [1.165, 1.54) is 0 Å². The monoisotopic (exact) mass is 336 g/mol. The maximum absolute atomic E-state index is 10.2. The molecule has 2 rings (SSSR count). The van der Waals surface area contributed by atoms with Crippen molar-refractivity contribution in [2.75, 3.05) is 0 Å². The molecule has 0 aromatic rings. The second kappa shape index (κ2) is 7.71. The second-order valence-corrected chi connectivity index (χ2v) is 6.35. The highest BCUT2D eigenvalue weighted by Gasteiger charge is 2.48. The molecule has 10 atom stereocenters. The molecule has 2 saturated heterocycles. The minimum atomic E-state index is -1.52. The molecule has 5 N–H and O–H groups in total. The Balaban J connectivity index is 2.11. The topological polar surface area (TPSA) is 129 Å². The fraction of sp³-hybridized carbons (Fsp3) is 1.00. The van der Waals surface area contributed by atoms with Crippen LogP contribution in [0, 0.1) is 5.92 Å². The van der Waals surface area contributed by atoms with Crippen molar-refractivity contribution < 1.29 is 39.7 Å². The van der Waals surface area contributed by atoms with Crippen molar-refractivity contribution in [3.05, 3.63) is 0 Å². The lowest BCUT2D eigenvalue weighted by Crippen LogP contribution is -2.62. The van der Waals surface area contributed by atoms with E-state index in [2.05, 4.69) is 0 Å². The van der Waals surface area contributed by atoms with E-state index in [9.17, 15) is 25.5 Å². The maximum atomic E-state index is 10.2. The van der Waals surface area contributed by atoms with Crippen LogP contribution in [0.2, 0.25) is 0 Å². The van der Waals surface area contributed by atoms with E-state index in [1.54, 1.807) is 13.8 Å². The number of aliphatic hydroxyl groups excluding tert-OH is 5. The smallest absolute Gasteiger partial charge is 0.186 e. The van der Waals surface area contributed by atoms with Gasteiger partial charge in [0.05, 0.1) is 18.3 Å². The maximum Gasteiger partial charge on any atom is 0.186 e. The second-order valence-electron chi connectivity index (χ2n) is 6.35. The fourth-order valence-electron chi connectivity index (χ4n) is 3.22. The van der Waals surface area contributed by atoms with E-state index in [4.69, 9.17) is 14.2 Å². The van der Waals surface area contributed by atoms with Gasteiger partial charge in [-0.2, -0.15) is 0 Å². The molecule has 8 nitrogen and oxygen atoms in total. The number of rotatable bonds is 4. The molecule has 2 fully saturated rings. The summed E-state index contributed by atoms with van der Waals surface area (Å²) in [6.07, 6.45) is -8.75. The van der Waals surface area contributed by atoms with Crippen LogP contribution in [-0.4, -0.2) is 80.8 Å². The molecule has 23 heavy (non-hydrogen) atoms. The molecule has 0 aromatic carbocycles. The molecular formula is C15H28O8. The van der Waals surface area contributed by atoms with Gasteiger partial charge < -0.3 is 39.7 Å². The van der Waals surface area contributed by atoms with Crippen LogP contribution in [-0.2, 0) is 14.2 Å². The number of hydrogen-bond donors (Lipinski definition) is 5. The molecule has 0 amide bonds. The predicted molar refractivity (Wildman–Crippen MR) is 78.2 cm³/mol. The first-order valence-corrected chi connectivity index (χ1v) is 8.18. The zero-order chi connectivity index (χ0) is 17.3. The van der Waals surface area contributed by atoms with Crippen LogP contribution in [0.5, 0.6) is 0 Å². The summed E-state index contributed by atoms with van der Waals surface area (Å²) in [5.41, 5.74) is 0. The van der Waals surface area contributed by atoms with Gasteiger partial charge in [0.2, 0.25) is 0 Å². The molecular weight excluding hydrogens is 308 g/mol. The average molecular weight is 336 g/mol. The first kappa shape index (κ1) is 19.0. The molecule has 2 heterocycles. The van der Waals surface area contributed by atoms with Gasteiger partial charge in [-0.25, -0.2) is 0 Å². The van der Waals surface area contributed by atoms with Crippen LogP contribution < -0.4 is 0 Å². The predicted octanol–water partition coefficient (Wildman–Crippen LogP) is -1.29. The van der Waals surface area contributed by atoms with E-state index in [0.29, 0.717) is 12.8 Å². The van der Waals surface area contributed by atoms with Crippen molar-refractivity contribution in [1.29, 1.82) is 0 Å². The Morgan fingerprint density at radius 1 is 0.783 bits per heavy atom. The third-order valence-corrected chi connectivity index (χ3v) is 4.82. The largest absolute Gasteiger partial charge is 0.390 e. The molecule has 2 aliphatic heterocycles. The Labute approximate surface area is 135 Å². The molecule has 0 radical (unpaired) electrons. The van der Waals surface area contributed by atoms with E-state index >= 15 is 0 Å². The minimum absolute atomic E-state index is 0.253. The highest BCUT2D eigenvalue weighted by Crippen LogP contribution is 2.32. The lowest BCUT2D eigenvalue weighted by atomic mass is 9.89. The summed E-state index contributed by atoms with van der Waals surface area (Å²) in [5, 5.41) is 49.8. The van der Waals surface area contributed by atoms with Crippen molar-refractivity contribution in [2.24, 2.45) is 5.92 Å². The van der Waals surface area contributed by atoms with Crippen LogP contribution in [0.4, 0.5) is 0 Å². The lowest BCUT2D eigenvalue weighted by molar-refractivity contribution is -0.347. The normalized spacial score (nSPS) is 51.7. The van der Waals surface area contributed by atoms with Crippen molar-refractivity contribution in [2.45, 2.75) is 88.9 Å². The van der Waals surface area contributed by atoms with Gasteiger partial charge >= 0.3 is 0 Å². The van der Waals surface area contributed by atoms with Gasteiger partial charge in [0.25, 0.3) is 0 Å². The summed E-state index contributed by atoms with van der Waals surface area (Å²) < 4.78 is 16.6. The quantitative estimate of drug-likeness (QED) is 0.429. The van der Waals surface area contributed by atoms with Crippen LogP contribution in [0.1, 0.15) is 33.6 Å². The van der Waals surface area contributed by atoms with E-state index in [0.717, 1.165) is 0 Å². The number of aliphatic hydroxyl groups is 5. The van der Waals surface area contributed by atoms with Gasteiger partial charge in [-0.05, 0) is 12.8 Å². The van der Waals surface area contributed by atoms with Gasteiger partial charge in [0, 0.05) is 5.92 Å². The standard InChI is InChI=1S/C15H28O8/c1-4-7-6(3)9(16)12(19)15(22-7)23-13-8(5-2)21-14(20)11(18)10(13)17/h6-20H,4-5H2,1-3H3/t6-,7+,8+,9-,10+,11-,12-,13-,14+,15-/m0/s1. The minimum Gasteiger partial charge on any atom is -0.390 e. The van der Waals surface area contributed by atoms with Gasteiger partial charge in [-0.15, -0.1) is 0 Å².